The molecule has 66 heavy (non-hydrogen) atoms. The van der Waals surface area contributed by atoms with Crippen LogP contribution in [0.5, 0.6) is 0 Å². The van der Waals surface area contributed by atoms with Gasteiger partial charge in [-0.15, -0.1) is 0 Å². The molecule has 6 aromatic rings. The lowest BCUT2D eigenvalue weighted by Gasteiger charge is -2.44. The number of benzene rings is 2. The van der Waals surface area contributed by atoms with Crippen LogP contribution in [0.25, 0.3) is 33.2 Å². The summed E-state index contributed by atoms with van der Waals surface area (Å²) in [7, 11) is -4.32. The van der Waals surface area contributed by atoms with Crippen LogP contribution < -0.4 is 0 Å². The molecule has 1 fully saturated rings. The quantitative estimate of drug-likeness (QED) is 0.0841. The maximum Gasteiger partial charge on any atom is 0.303 e. The number of nitrogens with zero attached hydrogens (tertiary/aromatic N) is 5. The molecule has 6 heterocycles. The number of fused-ring (bicyclic) bond motifs is 2. The average molecular weight is 920 g/mol. The van der Waals surface area contributed by atoms with Crippen molar-refractivity contribution < 1.29 is 65.6 Å². The van der Waals surface area contributed by atoms with Crippen molar-refractivity contribution in [2.24, 2.45) is 0 Å². The van der Waals surface area contributed by atoms with Crippen molar-refractivity contribution in [2.45, 2.75) is 69.8 Å². The molecule has 0 N–H and O–H groups in total. The predicted molar refractivity (Wildman–Crippen MR) is 230 cm³/mol. The summed E-state index contributed by atoms with van der Waals surface area (Å²) in [5.74, 6) is -4.87. The molecule has 8 rings (SSSR count). The lowest BCUT2D eigenvalue weighted by Crippen LogP contribution is -2.60. The van der Waals surface area contributed by atoms with Gasteiger partial charge in [0.05, 0.1) is 22.6 Å². The summed E-state index contributed by atoms with van der Waals surface area (Å²) in [5, 5.41) is 0.490. The number of hydrogen-bond acceptors (Lipinski definition) is 16. The van der Waals surface area contributed by atoms with E-state index in [9.17, 15) is 32.4 Å². The van der Waals surface area contributed by atoms with E-state index >= 15 is 4.79 Å². The number of carbonyl (C=O) groups is 6. The lowest BCUT2D eigenvalue weighted by atomic mass is 9.96. The monoisotopic (exact) mass is 919 g/mol. The Balaban J connectivity index is 1.34. The van der Waals surface area contributed by atoms with Crippen LogP contribution in [0.2, 0.25) is 0 Å². The van der Waals surface area contributed by atoms with E-state index in [-0.39, 0.29) is 55.8 Å². The van der Waals surface area contributed by atoms with E-state index in [1.54, 1.807) is 42.5 Å². The average Bonchev–Trinajstić information content (AvgIpc) is 3.94. The molecule has 2 amide bonds. The summed E-state index contributed by atoms with van der Waals surface area (Å²) in [4.78, 5) is 89.7. The largest absolute Gasteiger partial charge is 0.463 e. The molecule has 0 unspecified atom stereocenters. The van der Waals surface area contributed by atoms with Gasteiger partial charge in [0.1, 0.15) is 25.1 Å². The molecular formula is C46H41N5O14S. The Morgan fingerprint density at radius 1 is 0.652 bits per heavy atom. The molecule has 0 saturated carbocycles. The smallest absolute Gasteiger partial charge is 0.303 e. The molecule has 4 aromatic heterocycles. The van der Waals surface area contributed by atoms with Gasteiger partial charge in [-0.1, -0.05) is 48.5 Å². The summed E-state index contributed by atoms with van der Waals surface area (Å²) in [6, 6.07) is 23.0. The van der Waals surface area contributed by atoms with Gasteiger partial charge in [0.15, 0.2) is 30.2 Å². The molecule has 2 aliphatic rings. The number of aromatic nitrogens is 4. The number of carbonyl (C=O) groups excluding carboxylic acids is 6. The molecule has 340 valence electrons. The zero-order chi connectivity index (χ0) is 46.9. The van der Waals surface area contributed by atoms with E-state index in [4.69, 9.17) is 28.4 Å². The van der Waals surface area contributed by atoms with Crippen molar-refractivity contribution in [2.75, 3.05) is 13.3 Å². The Kier molecular flexibility index (Phi) is 12.6. The zero-order valence-electron chi connectivity index (χ0n) is 35.8. The lowest BCUT2D eigenvalue weighted by molar-refractivity contribution is -0.267. The minimum absolute atomic E-state index is 0.0242. The Morgan fingerprint density at radius 3 is 1.80 bits per heavy atom. The van der Waals surface area contributed by atoms with Gasteiger partial charge in [0, 0.05) is 74.4 Å². The number of pyridine rings is 2. The first-order valence-electron chi connectivity index (χ1n) is 20.4. The number of esters is 4. The molecule has 1 saturated heterocycles. The third-order valence-corrected chi connectivity index (χ3v) is 12.4. The van der Waals surface area contributed by atoms with Crippen LogP contribution in [0, 0.1) is 0 Å². The van der Waals surface area contributed by atoms with Gasteiger partial charge in [0.25, 0.3) is 21.8 Å². The van der Waals surface area contributed by atoms with Gasteiger partial charge < -0.3 is 33.0 Å². The van der Waals surface area contributed by atoms with Gasteiger partial charge in [-0.3, -0.25) is 28.8 Å². The van der Waals surface area contributed by atoms with Crippen LogP contribution in [0.3, 0.4) is 0 Å². The standard InChI is InChI=1S/C46H41N5O14S/c1-26(52)61-24-36-39(62-27(2)53)40(63-28(3)54)41(64-29(4)55)46(65-36)49-21-34(32-17-11-19-47-42(32)49)37-38(45(57)50(44(37)56)25-60-23-30-13-7-5-8-14-30)35-22-51(43-33(35)18-12-20-48-43)66(58,59)31-15-9-6-10-16-31/h5-22,36,39-41,46H,23-25H2,1-4H3/t36-,39-,40+,41-,46-/m1/s1. The number of hydrogen-bond donors (Lipinski definition) is 0. The molecule has 0 aliphatic carbocycles. The van der Waals surface area contributed by atoms with Crippen LogP contribution >= 0.6 is 0 Å². The first-order chi connectivity index (χ1) is 31.6. The van der Waals surface area contributed by atoms with E-state index in [0.717, 1.165) is 42.1 Å². The molecule has 5 atom stereocenters. The summed E-state index contributed by atoms with van der Waals surface area (Å²) >= 11 is 0. The van der Waals surface area contributed by atoms with E-state index in [2.05, 4.69) is 9.97 Å². The van der Waals surface area contributed by atoms with Gasteiger partial charge in [-0.25, -0.2) is 27.3 Å². The first kappa shape index (κ1) is 45.0. The SMILES string of the molecule is CC(=O)OC[C@H]1O[C@@H](n2cc(C3=C(c4cn(S(=O)(=O)c5ccccc5)c5ncccc45)C(=O)N(COCc4ccccc4)C3=O)c3cccnc32)[C@H](OC(C)=O)[C@@H](OC(C)=O)[C@@H]1OC(C)=O. The summed E-state index contributed by atoms with van der Waals surface area (Å²) in [5.41, 5.74) is 0.607. The Bertz CT molecular complexity index is 3040. The van der Waals surface area contributed by atoms with E-state index < -0.39 is 89.7 Å². The topological polar surface area (TPSA) is 231 Å². The normalized spacial score (nSPS) is 19.9. The first-order valence-corrected chi connectivity index (χ1v) is 21.8. The molecule has 19 nitrogen and oxygen atoms in total. The Hall–Kier alpha value is -7.55. The Labute approximate surface area is 376 Å². The molecule has 2 aromatic carbocycles. The van der Waals surface area contributed by atoms with Crippen LogP contribution in [-0.4, -0.2) is 105 Å². The maximum atomic E-state index is 15.0. The molecular weight excluding hydrogens is 879 g/mol. The van der Waals surface area contributed by atoms with Crippen molar-refractivity contribution in [1.29, 1.82) is 0 Å². The van der Waals surface area contributed by atoms with Crippen molar-refractivity contribution >= 4 is 78.9 Å². The highest BCUT2D eigenvalue weighted by molar-refractivity contribution is 7.90. The van der Waals surface area contributed by atoms with E-state index in [0.29, 0.717) is 0 Å². The van der Waals surface area contributed by atoms with Crippen LogP contribution in [-0.2, 0) is 73.8 Å². The van der Waals surface area contributed by atoms with E-state index in [1.165, 1.54) is 41.5 Å². The second-order valence-electron chi connectivity index (χ2n) is 15.2. The van der Waals surface area contributed by atoms with Gasteiger partial charge in [-0.05, 0) is 42.0 Å². The molecule has 20 heteroatoms. The molecule has 0 radical (unpaired) electrons. The number of ether oxygens (including phenoxy) is 6. The number of imide groups is 1. The summed E-state index contributed by atoms with van der Waals surface area (Å²) < 4.78 is 65.5. The highest BCUT2D eigenvalue weighted by Gasteiger charge is 2.53. The third kappa shape index (κ3) is 8.67. The number of rotatable bonds is 14. The maximum absolute atomic E-state index is 15.0. The minimum atomic E-state index is -4.32. The van der Waals surface area contributed by atoms with Crippen LogP contribution in [0.4, 0.5) is 0 Å². The van der Waals surface area contributed by atoms with Gasteiger partial charge in [-0.2, -0.15) is 0 Å². The van der Waals surface area contributed by atoms with Crippen molar-refractivity contribution in [1.82, 2.24) is 23.4 Å². The molecule has 0 bridgehead atoms. The third-order valence-electron chi connectivity index (χ3n) is 10.7. The Morgan fingerprint density at radius 2 is 1.20 bits per heavy atom. The zero-order valence-corrected chi connectivity index (χ0v) is 36.6. The highest BCUT2D eigenvalue weighted by atomic mass is 32.2. The second kappa shape index (κ2) is 18.5. The fourth-order valence-electron chi connectivity index (χ4n) is 8.05. The summed E-state index contributed by atoms with van der Waals surface area (Å²) in [6.45, 7) is 3.45. The fourth-order valence-corrected chi connectivity index (χ4v) is 9.39. The van der Waals surface area contributed by atoms with Crippen molar-refractivity contribution in [3.8, 4) is 0 Å². The second-order valence-corrected chi connectivity index (χ2v) is 17.0. The van der Waals surface area contributed by atoms with Gasteiger partial charge >= 0.3 is 23.9 Å². The van der Waals surface area contributed by atoms with E-state index in [1.807, 2.05) is 30.3 Å². The summed E-state index contributed by atoms with van der Waals surface area (Å²) in [6.07, 6.45) is -1.93. The predicted octanol–water partition coefficient (Wildman–Crippen LogP) is 4.33. The highest BCUT2D eigenvalue weighted by Crippen LogP contribution is 2.44. The number of amides is 2. The minimum Gasteiger partial charge on any atom is -0.463 e. The molecule has 2 aliphatic heterocycles. The van der Waals surface area contributed by atoms with Crippen molar-refractivity contribution in [3.05, 3.63) is 126 Å². The van der Waals surface area contributed by atoms with Crippen molar-refractivity contribution in [3.63, 3.8) is 0 Å². The van der Waals surface area contributed by atoms with Gasteiger partial charge in [0.2, 0.25) is 0 Å². The van der Waals surface area contributed by atoms with Crippen LogP contribution in [0.15, 0.2) is 115 Å². The van der Waals surface area contributed by atoms with Crippen LogP contribution in [0.1, 0.15) is 50.6 Å². The molecule has 0 spiro atoms. The fraction of sp³-hybridized carbons (Fsp3) is 0.261.